The Balaban J connectivity index is 1.71. The summed E-state index contributed by atoms with van der Waals surface area (Å²) in [6.07, 6.45) is 0.486. The number of ether oxygens (including phenoxy) is 1. The van der Waals surface area contributed by atoms with E-state index < -0.39 is 29.9 Å². The van der Waals surface area contributed by atoms with E-state index in [1.54, 1.807) is 43.5 Å². The second kappa shape index (κ2) is 11.0. The molecule has 2 heterocycles. The molecule has 0 saturated carbocycles. The minimum Gasteiger partial charge on any atom is -0.497 e. The molecule has 2 aromatic carbocycles. The zero-order valence-electron chi connectivity index (χ0n) is 21.0. The largest absolute Gasteiger partial charge is 0.497 e. The second-order valence-corrected chi connectivity index (χ2v) is 8.57. The highest BCUT2D eigenvalue weighted by Crippen LogP contribution is 2.30. The van der Waals surface area contributed by atoms with Gasteiger partial charge in [-0.1, -0.05) is 12.1 Å². The summed E-state index contributed by atoms with van der Waals surface area (Å²) in [5, 5.41) is 22.9. The van der Waals surface area contributed by atoms with Crippen molar-refractivity contribution in [2.75, 3.05) is 17.7 Å². The average molecular weight is 522 g/mol. The maximum Gasteiger partial charge on any atom is 0.404 e. The SMILES string of the molecule is CCn1ncc2cc(Nc3nc(N[C@H](c4ccc(OC)cc4)[C@H](C)NC(=O)O)c(F)cc3C(N)=O)ccc21. The van der Waals surface area contributed by atoms with Gasteiger partial charge in [0.1, 0.15) is 11.6 Å². The first kappa shape index (κ1) is 26.2. The molecule has 0 aliphatic heterocycles. The van der Waals surface area contributed by atoms with Crippen molar-refractivity contribution in [1.29, 1.82) is 0 Å². The number of rotatable bonds is 10. The van der Waals surface area contributed by atoms with Crippen LogP contribution in [0.2, 0.25) is 0 Å². The van der Waals surface area contributed by atoms with Crippen LogP contribution in [0.15, 0.2) is 54.7 Å². The van der Waals surface area contributed by atoms with Crippen LogP contribution in [0, 0.1) is 5.82 Å². The number of amides is 2. The van der Waals surface area contributed by atoms with Crippen molar-refractivity contribution >= 4 is 40.2 Å². The summed E-state index contributed by atoms with van der Waals surface area (Å²) < 4.78 is 22.2. The summed E-state index contributed by atoms with van der Waals surface area (Å²) in [6.45, 7) is 4.33. The van der Waals surface area contributed by atoms with Crippen molar-refractivity contribution in [2.24, 2.45) is 5.73 Å². The number of benzene rings is 2. The number of carbonyl (C=O) groups excluding carboxylic acids is 1. The molecule has 4 aromatic rings. The number of hydrogen-bond acceptors (Lipinski definition) is 7. The Bertz CT molecular complexity index is 1470. The van der Waals surface area contributed by atoms with Gasteiger partial charge in [-0.15, -0.1) is 0 Å². The number of aromatic nitrogens is 3. The Kier molecular flexibility index (Phi) is 7.61. The zero-order chi connectivity index (χ0) is 27.4. The molecule has 0 bridgehead atoms. The number of aryl methyl sites for hydroxylation is 1. The molecule has 6 N–H and O–H groups in total. The lowest BCUT2D eigenvalue weighted by Gasteiger charge is -2.27. The van der Waals surface area contributed by atoms with Gasteiger partial charge in [-0.25, -0.2) is 14.2 Å². The summed E-state index contributed by atoms with van der Waals surface area (Å²) in [5.74, 6) is -1.24. The third-order valence-electron chi connectivity index (χ3n) is 6.06. The smallest absolute Gasteiger partial charge is 0.404 e. The van der Waals surface area contributed by atoms with Crippen LogP contribution < -0.4 is 26.4 Å². The predicted molar refractivity (Wildman–Crippen MR) is 141 cm³/mol. The number of methoxy groups -OCH3 is 1. The van der Waals surface area contributed by atoms with Crippen molar-refractivity contribution in [2.45, 2.75) is 32.5 Å². The van der Waals surface area contributed by atoms with Crippen LogP contribution in [-0.4, -0.2) is 45.0 Å². The molecule has 12 heteroatoms. The number of hydrogen-bond donors (Lipinski definition) is 5. The van der Waals surface area contributed by atoms with Crippen LogP contribution in [0.25, 0.3) is 10.9 Å². The van der Waals surface area contributed by atoms with Crippen molar-refractivity contribution in [3.63, 3.8) is 0 Å². The third-order valence-corrected chi connectivity index (χ3v) is 6.06. The third kappa shape index (κ3) is 5.59. The normalized spacial score (nSPS) is 12.5. The number of nitrogens with zero attached hydrogens (tertiary/aromatic N) is 3. The number of carbonyl (C=O) groups is 2. The van der Waals surface area contributed by atoms with Crippen molar-refractivity contribution in [1.82, 2.24) is 20.1 Å². The maximum absolute atomic E-state index is 15.2. The number of nitrogens with one attached hydrogen (secondary N) is 3. The minimum atomic E-state index is -1.24. The van der Waals surface area contributed by atoms with Crippen LogP contribution >= 0.6 is 0 Å². The van der Waals surface area contributed by atoms with Crippen LogP contribution in [0.5, 0.6) is 5.75 Å². The first-order valence-corrected chi connectivity index (χ1v) is 11.8. The van der Waals surface area contributed by atoms with E-state index in [1.165, 1.54) is 7.11 Å². The topological polar surface area (TPSA) is 156 Å². The fourth-order valence-electron chi connectivity index (χ4n) is 4.16. The monoisotopic (exact) mass is 521 g/mol. The molecule has 198 valence electrons. The summed E-state index contributed by atoms with van der Waals surface area (Å²) in [6, 6.07) is 12.0. The second-order valence-electron chi connectivity index (χ2n) is 8.57. The molecule has 0 fully saturated rings. The molecule has 0 aliphatic rings. The van der Waals surface area contributed by atoms with Gasteiger partial charge in [0.15, 0.2) is 11.6 Å². The van der Waals surface area contributed by atoms with E-state index >= 15 is 4.39 Å². The molecule has 0 unspecified atom stereocenters. The number of halogens is 1. The van der Waals surface area contributed by atoms with Gasteiger partial charge >= 0.3 is 6.09 Å². The van der Waals surface area contributed by atoms with E-state index in [9.17, 15) is 14.7 Å². The van der Waals surface area contributed by atoms with Gasteiger partial charge in [-0.3, -0.25) is 9.48 Å². The van der Waals surface area contributed by atoms with Gasteiger partial charge in [0.25, 0.3) is 5.91 Å². The first-order valence-electron chi connectivity index (χ1n) is 11.8. The van der Waals surface area contributed by atoms with Crippen molar-refractivity contribution in [3.8, 4) is 5.75 Å². The molecule has 0 radical (unpaired) electrons. The summed E-state index contributed by atoms with van der Waals surface area (Å²) >= 11 is 0. The molecule has 11 nitrogen and oxygen atoms in total. The van der Waals surface area contributed by atoms with Crippen molar-refractivity contribution < 1.29 is 23.8 Å². The number of pyridine rings is 1. The molecule has 4 rings (SSSR count). The zero-order valence-corrected chi connectivity index (χ0v) is 21.0. The molecule has 38 heavy (non-hydrogen) atoms. The Morgan fingerprint density at radius 3 is 2.53 bits per heavy atom. The number of fused-ring (bicyclic) bond motifs is 1. The fraction of sp³-hybridized carbons (Fsp3) is 0.231. The van der Waals surface area contributed by atoms with E-state index in [4.69, 9.17) is 10.5 Å². The lowest BCUT2D eigenvalue weighted by atomic mass is 10.00. The minimum absolute atomic E-state index is 0.0379. The van der Waals surface area contributed by atoms with E-state index in [0.717, 1.165) is 17.0 Å². The number of nitrogens with two attached hydrogens (primary N) is 1. The highest BCUT2D eigenvalue weighted by atomic mass is 19.1. The van der Waals surface area contributed by atoms with Crippen LogP contribution in [0.4, 0.5) is 26.5 Å². The number of carboxylic acid groups (broad SMARTS) is 1. The van der Waals surface area contributed by atoms with E-state index in [1.807, 2.05) is 23.7 Å². The molecule has 0 aliphatic carbocycles. The molecule has 0 saturated heterocycles. The standard InChI is InChI=1S/C26H28FN7O4/c1-4-34-21-10-7-17(11-16(21)13-29-34)31-24-19(23(28)35)12-20(27)25(33-24)32-22(14(2)30-26(36)37)15-5-8-18(38-3)9-6-15/h5-14,22,30H,4H2,1-3H3,(H2,28,35)(H,36,37)(H2,31,32,33)/t14-,22-/m0/s1. The summed E-state index contributed by atoms with van der Waals surface area (Å²) in [4.78, 5) is 27.8. The molecule has 0 spiro atoms. The van der Waals surface area contributed by atoms with Gasteiger partial charge in [0.2, 0.25) is 0 Å². The van der Waals surface area contributed by atoms with Gasteiger partial charge < -0.3 is 31.5 Å². The lowest BCUT2D eigenvalue weighted by molar-refractivity contribution is 0.1000. The Hall–Kier alpha value is -4.87. The fourth-order valence-corrected chi connectivity index (χ4v) is 4.16. The Morgan fingerprint density at radius 1 is 1.16 bits per heavy atom. The number of anilines is 3. The summed E-state index contributed by atoms with van der Waals surface area (Å²) in [7, 11) is 1.53. The lowest BCUT2D eigenvalue weighted by Crippen LogP contribution is -2.39. The van der Waals surface area contributed by atoms with E-state index in [0.29, 0.717) is 23.5 Å². The van der Waals surface area contributed by atoms with Crippen LogP contribution in [0.3, 0.4) is 0 Å². The Labute approximate surface area is 217 Å². The molecule has 2 atom stereocenters. The van der Waals surface area contributed by atoms with E-state index in [-0.39, 0.29) is 17.2 Å². The van der Waals surface area contributed by atoms with Crippen LogP contribution in [-0.2, 0) is 6.54 Å². The maximum atomic E-state index is 15.2. The van der Waals surface area contributed by atoms with Gasteiger partial charge in [-0.05, 0) is 55.8 Å². The van der Waals surface area contributed by atoms with Crippen molar-refractivity contribution in [3.05, 3.63) is 71.7 Å². The Morgan fingerprint density at radius 2 is 1.89 bits per heavy atom. The average Bonchev–Trinajstić information content (AvgIpc) is 3.30. The molecular formula is C26H28FN7O4. The van der Waals surface area contributed by atoms with Crippen LogP contribution in [0.1, 0.15) is 35.8 Å². The quantitative estimate of drug-likeness (QED) is 0.207. The van der Waals surface area contributed by atoms with Gasteiger partial charge in [-0.2, -0.15) is 5.10 Å². The predicted octanol–water partition coefficient (Wildman–Crippen LogP) is 4.25. The number of primary amides is 1. The first-order chi connectivity index (χ1) is 18.2. The molecule has 2 amide bonds. The summed E-state index contributed by atoms with van der Waals surface area (Å²) in [5.41, 5.74) is 7.55. The van der Waals surface area contributed by atoms with Gasteiger partial charge in [0.05, 0.1) is 36.5 Å². The molecule has 2 aromatic heterocycles. The highest BCUT2D eigenvalue weighted by molar-refractivity contribution is 5.99. The highest BCUT2D eigenvalue weighted by Gasteiger charge is 2.25. The molecular weight excluding hydrogens is 493 g/mol. The van der Waals surface area contributed by atoms with Gasteiger partial charge in [0, 0.05) is 17.6 Å². The van der Waals surface area contributed by atoms with E-state index in [2.05, 4.69) is 26.0 Å².